The number of nitrogens with one attached hydrogen (secondary N) is 1. The third kappa shape index (κ3) is 4.32. The predicted molar refractivity (Wildman–Crippen MR) is 84.3 cm³/mol. The van der Waals surface area contributed by atoms with Crippen LogP contribution in [-0.2, 0) is 13.2 Å². The molecule has 0 radical (unpaired) electrons. The number of hydrogen-bond donors (Lipinski definition) is 1. The minimum absolute atomic E-state index is 0.478. The molecule has 2 aromatic rings. The molecular formula is C16H22N2OS. The summed E-state index contributed by atoms with van der Waals surface area (Å²) in [6.07, 6.45) is 0. The van der Waals surface area contributed by atoms with Crippen molar-refractivity contribution in [3.8, 4) is 5.75 Å². The monoisotopic (exact) mass is 290 g/mol. The van der Waals surface area contributed by atoms with E-state index in [0.29, 0.717) is 12.6 Å². The average molecular weight is 290 g/mol. The second-order valence-corrected chi connectivity index (χ2v) is 6.27. The molecule has 1 N–H and O–H groups in total. The van der Waals surface area contributed by atoms with Crippen LogP contribution >= 0.6 is 11.3 Å². The summed E-state index contributed by atoms with van der Waals surface area (Å²) >= 11 is 1.65. The first kappa shape index (κ1) is 15.0. The van der Waals surface area contributed by atoms with E-state index in [1.54, 1.807) is 11.3 Å². The first-order valence-corrected chi connectivity index (χ1v) is 7.79. The van der Waals surface area contributed by atoms with Gasteiger partial charge in [0.25, 0.3) is 0 Å². The highest BCUT2D eigenvalue weighted by atomic mass is 32.1. The average Bonchev–Trinajstić information content (AvgIpc) is 2.83. The third-order valence-electron chi connectivity index (χ3n) is 2.97. The van der Waals surface area contributed by atoms with E-state index in [0.717, 1.165) is 23.0 Å². The van der Waals surface area contributed by atoms with E-state index in [1.807, 2.05) is 6.07 Å². The Kier molecular flexibility index (Phi) is 5.15. The zero-order valence-corrected chi connectivity index (χ0v) is 13.4. The van der Waals surface area contributed by atoms with Crippen LogP contribution in [0.1, 0.15) is 35.7 Å². The molecule has 0 aliphatic rings. The Morgan fingerprint density at radius 1 is 1.30 bits per heavy atom. The lowest BCUT2D eigenvalue weighted by molar-refractivity contribution is 0.303. The molecule has 3 nitrogen and oxygen atoms in total. The van der Waals surface area contributed by atoms with Gasteiger partial charge in [0.1, 0.15) is 17.4 Å². The van der Waals surface area contributed by atoms with Crippen molar-refractivity contribution in [2.24, 2.45) is 0 Å². The highest BCUT2D eigenvalue weighted by Gasteiger charge is 2.05. The number of benzene rings is 1. The van der Waals surface area contributed by atoms with Gasteiger partial charge in [0.05, 0.1) is 5.69 Å². The van der Waals surface area contributed by atoms with Crippen molar-refractivity contribution in [3.63, 3.8) is 0 Å². The van der Waals surface area contributed by atoms with Crippen LogP contribution in [-0.4, -0.2) is 11.0 Å². The summed E-state index contributed by atoms with van der Waals surface area (Å²) in [6, 6.07) is 6.71. The summed E-state index contributed by atoms with van der Waals surface area (Å²) in [5, 5.41) is 6.48. The zero-order valence-electron chi connectivity index (χ0n) is 12.6. The molecule has 0 saturated carbocycles. The van der Waals surface area contributed by atoms with Crippen LogP contribution in [0.4, 0.5) is 0 Å². The van der Waals surface area contributed by atoms with E-state index < -0.39 is 0 Å². The van der Waals surface area contributed by atoms with Crippen molar-refractivity contribution in [1.29, 1.82) is 0 Å². The lowest BCUT2D eigenvalue weighted by Gasteiger charge is -2.08. The van der Waals surface area contributed by atoms with Gasteiger partial charge in [-0.05, 0) is 25.5 Å². The van der Waals surface area contributed by atoms with E-state index in [4.69, 9.17) is 4.74 Å². The Hall–Kier alpha value is -1.39. The van der Waals surface area contributed by atoms with Crippen molar-refractivity contribution >= 4 is 11.3 Å². The largest absolute Gasteiger partial charge is 0.486 e. The van der Waals surface area contributed by atoms with Crippen LogP contribution in [0, 0.1) is 13.8 Å². The van der Waals surface area contributed by atoms with Crippen molar-refractivity contribution in [1.82, 2.24) is 10.3 Å². The molecule has 0 saturated heterocycles. The third-order valence-corrected chi connectivity index (χ3v) is 3.84. The van der Waals surface area contributed by atoms with Gasteiger partial charge in [-0.2, -0.15) is 0 Å². The summed E-state index contributed by atoms with van der Waals surface area (Å²) in [5.74, 6) is 0.938. The Bertz CT molecular complexity index is 563. The van der Waals surface area contributed by atoms with Crippen molar-refractivity contribution in [2.45, 2.75) is 46.9 Å². The van der Waals surface area contributed by atoms with Crippen LogP contribution in [0.15, 0.2) is 23.6 Å². The van der Waals surface area contributed by atoms with E-state index in [-0.39, 0.29) is 0 Å². The maximum atomic E-state index is 5.84. The van der Waals surface area contributed by atoms with E-state index in [9.17, 15) is 0 Å². The molecule has 0 amide bonds. The summed E-state index contributed by atoms with van der Waals surface area (Å²) in [5.41, 5.74) is 3.51. The van der Waals surface area contributed by atoms with Gasteiger partial charge in [-0.3, -0.25) is 0 Å². The topological polar surface area (TPSA) is 34.1 Å². The van der Waals surface area contributed by atoms with Crippen molar-refractivity contribution < 1.29 is 4.74 Å². The molecule has 0 aliphatic carbocycles. The fourth-order valence-corrected chi connectivity index (χ4v) is 2.61. The van der Waals surface area contributed by atoms with Gasteiger partial charge in [0.15, 0.2) is 0 Å². The molecule has 0 spiro atoms. The molecule has 0 aliphatic heterocycles. The lowest BCUT2D eigenvalue weighted by Crippen LogP contribution is -2.21. The summed E-state index contributed by atoms with van der Waals surface area (Å²) < 4.78 is 5.84. The van der Waals surface area contributed by atoms with Gasteiger partial charge >= 0.3 is 0 Å². The molecule has 4 heteroatoms. The lowest BCUT2D eigenvalue weighted by atomic mass is 10.1. The Morgan fingerprint density at radius 3 is 2.80 bits per heavy atom. The van der Waals surface area contributed by atoms with E-state index >= 15 is 0 Å². The number of ether oxygens (including phenoxy) is 1. The number of thiazole rings is 1. The Labute approximate surface area is 125 Å². The fourth-order valence-electron chi connectivity index (χ4n) is 1.91. The van der Waals surface area contributed by atoms with Gasteiger partial charge < -0.3 is 10.1 Å². The zero-order chi connectivity index (χ0) is 14.5. The molecule has 2 rings (SSSR count). The second kappa shape index (κ2) is 6.86. The van der Waals surface area contributed by atoms with Crippen LogP contribution in [0.25, 0.3) is 0 Å². The molecular weight excluding hydrogens is 268 g/mol. The van der Waals surface area contributed by atoms with Gasteiger partial charge in [-0.25, -0.2) is 4.98 Å². The van der Waals surface area contributed by atoms with Gasteiger partial charge in [0, 0.05) is 18.0 Å². The minimum Gasteiger partial charge on any atom is -0.486 e. The molecule has 0 bridgehead atoms. The molecule has 1 aromatic carbocycles. The number of aromatic nitrogens is 1. The standard InChI is InChI=1S/C16H22N2OS/c1-11(2)17-8-14-10-20-16(18-14)9-19-15-6-5-12(3)7-13(15)4/h5-7,10-11,17H,8-9H2,1-4H3. The molecule has 0 unspecified atom stereocenters. The number of hydrogen-bond acceptors (Lipinski definition) is 4. The van der Waals surface area contributed by atoms with Gasteiger partial charge in [-0.1, -0.05) is 31.5 Å². The van der Waals surface area contributed by atoms with E-state index in [1.165, 1.54) is 11.1 Å². The Balaban J connectivity index is 1.90. The summed E-state index contributed by atoms with van der Waals surface area (Å²) in [6.45, 7) is 9.79. The molecule has 1 heterocycles. The number of rotatable bonds is 6. The summed E-state index contributed by atoms with van der Waals surface area (Å²) in [4.78, 5) is 4.58. The SMILES string of the molecule is Cc1ccc(OCc2nc(CNC(C)C)cs2)c(C)c1. The molecule has 108 valence electrons. The Morgan fingerprint density at radius 2 is 2.10 bits per heavy atom. The normalized spacial score (nSPS) is 11.1. The highest BCUT2D eigenvalue weighted by molar-refractivity contribution is 7.09. The van der Waals surface area contributed by atoms with Crippen LogP contribution in [0.5, 0.6) is 5.75 Å². The fraction of sp³-hybridized carbons (Fsp3) is 0.438. The highest BCUT2D eigenvalue weighted by Crippen LogP contribution is 2.21. The maximum absolute atomic E-state index is 5.84. The van der Waals surface area contributed by atoms with Crippen LogP contribution in [0.3, 0.4) is 0 Å². The van der Waals surface area contributed by atoms with Crippen LogP contribution in [0.2, 0.25) is 0 Å². The predicted octanol–water partition coefficient (Wildman–Crippen LogP) is 3.84. The number of nitrogens with zero attached hydrogens (tertiary/aromatic N) is 1. The summed E-state index contributed by atoms with van der Waals surface area (Å²) in [7, 11) is 0. The molecule has 20 heavy (non-hydrogen) atoms. The first-order chi connectivity index (χ1) is 9.54. The maximum Gasteiger partial charge on any atom is 0.140 e. The minimum atomic E-state index is 0.478. The molecule has 1 aromatic heterocycles. The molecule has 0 atom stereocenters. The molecule has 0 fully saturated rings. The van der Waals surface area contributed by atoms with Gasteiger partial charge in [-0.15, -0.1) is 11.3 Å². The first-order valence-electron chi connectivity index (χ1n) is 6.91. The van der Waals surface area contributed by atoms with Crippen LogP contribution < -0.4 is 10.1 Å². The van der Waals surface area contributed by atoms with Crippen molar-refractivity contribution in [3.05, 3.63) is 45.4 Å². The van der Waals surface area contributed by atoms with Gasteiger partial charge in [0.2, 0.25) is 0 Å². The van der Waals surface area contributed by atoms with Crippen molar-refractivity contribution in [2.75, 3.05) is 0 Å². The van der Waals surface area contributed by atoms with E-state index in [2.05, 4.69) is 55.5 Å². The number of aryl methyl sites for hydroxylation is 2. The smallest absolute Gasteiger partial charge is 0.140 e. The quantitative estimate of drug-likeness (QED) is 0.877. The second-order valence-electron chi connectivity index (χ2n) is 5.33.